The van der Waals surface area contributed by atoms with Crippen LogP contribution < -0.4 is 14.8 Å². The highest BCUT2D eigenvalue weighted by Crippen LogP contribution is 2.29. The number of ether oxygens (including phenoxy) is 2. The molecule has 1 amide bonds. The van der Waals surface area contributed by atoms with Crippen LogP contribution in [-0.2, 0) is 4.79 Å². The predicted octanol–water partition coefficient (Wildman–Crippen LogP) is 4.32. The number of methoxy groups -OCH3 is 2. The first-order chi connectivity index (χ1) is 18.6. The summed E-state index contributed by atoms with van der Waals surface area (Å²) >= 11 is 0. The Bertz CT molecular complexity index is 1590. The number of amides is 1. The van der Waals surface area contributed by atoms with Gasteiger partial charge in [-0.25, -0.2) is 9.50 Å². The average Bonchev–Trinajstić information content (AvgIpc) is 3.42. The second-order valence-corrected chi connectivity index (χ2v) is 8.42. The van der Waals surface area contributed by atoms with Crippen molar-refractivity contribution in [2.24, 2.45) is 0 Å². The highest BCUT2D eigenvalue weighted by molar-refractivity contribution is 5.87. The summed E-state index contributed by atoms with van der Waals surface area (Å²) in [4.78, 5) is 22.5. The van der Waals surface area contributed by atoms with Gasteiger partial charge in [-0.1, -0.05) is 30.3 Å². The van der Waals surface area contributed by atoms with Gasteiger partial charge in [0.05, 0.1) is 37.9 Å². The van der Waals surface area contributed by atoms with E-state index in [0.717, 1.165) is 16.9 Å². The number of hydrogen-bond acceptors (Lipinski definition) is 7. The first-order valence-electron chi connectivity index (χ1n) is 11.8. The molecule has 2 unspecified atom stereocenters. The second-order valence-electron chi connectivity index (χ2n) is 8.42. The van der Waals surface area contributed by atoms with Gasteiger partial charge in [0.15, 0.2) is 5.65 Å². The number of nitrogens with one attached hydrogen (secondary N) is 1. The van der Waals surface area contributed by atoms with Gasteiger partial charge in [0, 0.05) is 18.0 Å². The van der Waals surface area contributed by atoms with E-state index in [2.05, 4.69) is 26.5 Å². The summed E-state index contributed by atoms with van der Waals surface area (Å²) in [6, 6.07) is 23.2. The molecule has 0 bridgehead atoms. The third-order valence-corrected chi connectivity index (χ3v) is 6.24. The lowest BCUT2D eigenvalue weighted by Gasteiger charge is -2.21. The summed E-state index contributed by atoms with van der Waals surface area (Å²) in [6.07, 6.45) is 5.07. The van der Waals surface area contributed by atoms with Gasteiger partial charge in [0.1, 0.15) is 23.5 Å². The molecule has 0 aliphatic rings. The molecule has 3 aromatic heterocycles. The van der Waals surface area contributed by atoms with E-state index in [4.69, 9.17) is 9.47 Å². The van der Waals surface area contributed by atoms with Crippen molar-refractivity contribution in [3.8, 4) is 28.7 Å². The lowest BCUT2D eigenvalue weighted by Crippen LogP contribution is -2.34. The van der Waals surface area contributed by atoms with E-state index >= 15 is 0 Å². The minimum Gasteiger partial charge on any atom is -0.497 e. The summed E-state index contributed by atoms with van der Waals surface area (Å²) in [5.74, 6) is -0.0961. The number of carbonyl (C=O) groups excluding carboxylic acids is 1. The Hall–Kier alpha value is -5.23. The first kappa shape index (κ1) is 24.5. The minimum atomic E-state index is -1.03. The molecule has 38 heavy (non-hydrogen) atoms. The molecule has 0 aliphatic heterocycles. The Labute approximate surface area is 219 Å². The zero-order valence-corrected chi connectivity index (χ0v) is 20.8. The average molecular weight is 505 g/mol. The predicted molar refractivity (Wildman–Crippen MR) is 141 cm³/mol. The molecule has 0 saturated carbocycles. The van der Waals surface area contributed by atoms with Crippen LogP contribution >= 0.6 is 0 Å². The van der Waals surface area contributed by atoms with E-state index in [1.807, 2.05) is 36.4 Å². The molecule has 3 heterocycles. The van der Waals surface area contributed by atoms with Gasteiger partial charge in [-0.2, -0.15) is 10.4 Å². The van der Waals surface area contributed by atoms with Gasteiger partial charge in [-0.15, -0.1) is 0 Å². The summed E-state index contributed by atoms with van der Waals surface area (Å²) in [7, 11) is 3.18. The molecule has 2 atom stereocenters. The second kappa shape index (κ2) is 10.8. The third kappa shape index (κ3) is 4.75. The number of pyridine rings is 1. The molecule has 5 aromatic rings. The normalized spacial score (nSPS) is 12.3. The maximum absolute atomic E-state index is 13.5. The number of hydrogen-bond donors (Lipinski definition) is 1. The zero-order valence-electron chi connectivity index (χ0n) is 20.8. The fourth-order valence-corrected chi connectivity index (χ4v) is 4.26. The SMILES string of the molecule is COc1ccc(-c2cnn3c(C(NC(=O)C(C#N)c4ccc(OC)cc4)c4ccccn4)ccnc23)cc1. The Balaban J connectivity index is 1.54. The van der Waals surface area contributed by atoms with Crippen LogP contribution in [0, 0.1) is 11.3 Å². The fraction of sp³-hybridized carbons (Fsp3) is 0.138. The van der Waals surface area contributed by atoms with E-state index in [1.165, 1.54) is 0 Å². The molecule has 2 aromatic carbocycles. The van der Waals surface area contributed by atoms with Crippen LogP contribution in [0.2, 0.25) is 0 Å². The molecule has 0 fully saturated rings. The van der Waals surface area contributed by atoms with Crippen molar-refractivity contribution in [3.05, 3.63) is 108 Å². The maximum atomic E-state index is 13.5. The molecular weight excluding hydrogens is 480 g/mol. The van der Waals surface area contributed by atoms with Gasteiger partial charge < -0.3 is 14.8 Å². The zero-order chi connectivity index (χ0) is 26.5. The Morgan fingerprint density at radius 1 is 0.921 bits per heavy atom. The van der Waals surface area contributed by atoms with Gasteiger partial charge in [0.2, 0.25) is 5.91 Å². The number of nitrogens with zero attached hydrogens (tertiary/aromatic N) is 5. The van der Waals surface area contributed by atoms with E-state index in [1.54, 1.807) is 73.7 Å². The number of carbonyl (C=O) groups is 1. The molecule has 0 radical (unpaired) electrons. The van der Waals surface area contributed by atoms with Crippen molar-refractivity contribution in [1.29, 1.82) is 5.26 Å². The van der Waals surface area contributed by atoms with Crippen LogP contribution in [0.3, 0.4) is 0 Å². The van der Waals surface area contributed by atoms with Gasteiger partial charge >= 0.3 is 0 Å². The standard InChI is InChI=1S/C29H24N6O3/c1-37-21-10-6-19(7-11-21)23(17-30)29(36)34-27(25-5-3-4-15-31-25)26-14-16-32-28-24(18-33-35(26)28)20-8-12-22(38-2)13-9-20/h3-16,18,23,27H,1-2H3,(H,34,36). The number of fused-ring (bicyclic) bond motifs is 1. The van der Waals surface area contributed by atoms with E-state index in [9.17, 15) is 10.1 Å². The molecule has 0 spiro atoms. The number of rotatable bonds is 8. The minimum absolute atomic E-state index is 0.458. The molecular formula is C29H24N6O3. The largest absolute Gasteiger partial charge is 0.497 e. The van der Waals surface area contributed by atoms with Gasteiger partial charge in [-0.05, 0) is 53.6 Å². The van der Waals surface area contributed by atoms with Crippen molar-refractivity contribution in [3.63, 3.8) is 0 Å². The summed E-state index contributed by atoms with van der Waals surface area (Å²) in [5, 5.41) is 17.5. The van der Waals surface area contributed by atoms with Crippen molar-refractivity contribution in [2.75, 3.05) is 14.2 Å². The Kier molecular flexibility index (Phi) is 6.95. The van der Waals surface area contributed by atoms with Crippen molar-refractivity contribution < 1.29 is 14.3 Å². The van der Waals surface area contributed by atoms with Crippen molar-refractivity contribution in [1.82, 2.24) is 24.9 Å². The summed E-state index contributed by atoms with van der Waals surface area (Å²) in [6.45, 7) is 0. The van der Waals surface area contributed by atoms with Crippen LogP contribution in [0.25, 0.3) is 16.8 Å². The highest BCUT2D eigenvalue weighted by Gasteiger charge is 2.27. The number of nitriles is 1. The summed E-state index contributed by atoms with van der Waals surface area (Å²) < 4.78 is 12.2. The molecule has 0 aliphatic carbocycles. The molecule has 188 valence electrons. The molecule has 5 rings (SSSR count). The Morgan fingerprint density at radius 2 is 1.63 bits per heavy atom. The molecule has 9 heteroatoms. The number of aromatic nitrogens is 4. The molecule has 1 N–H and O–H groups in total. The highest BCUT2D eigenvalue weighted by atomic mass is 16.5. The summed E-state index contributed by atoms with van der Waals surface area (Å²) in [5.41, 5.74) is 4.18. The van der Waals surface area contributed by atoms with Crippen molar-refractivity contribution in [2.45, 2.75) is 12.0 Å². The van der Waals surface area contributed by atoms with Crippen LogP contribution in [0.1, 0.15) is 28.9 Å². The third-order valence-electron chi connectivity index (χ3n) is 6.24. The van der Waals surface area contributed by atoms with E-state index < -0.39 is 17.9 Å². The Morgan fingerprint density at radius 3 is 2.26 bits per heavy atom. The lowest BCUT2D eigenvalue weighted by molar-refractivity contribution is -0.122. The van der Waals surface area contributed by atoms with Gasteiger partial charge in [-0.3, -0.25) is 9.78 Å². The van der Waals surface area contributed by atoms with E-state index in [-0.39, 0.29) is 0 Å². The van der Waals surface area contributed by atoms with Gasteiger partial charge in [0.25, 0.3) is 0 Å². The van der Waals surface area contributed by atoms with Crippen LogP contribution in [0.4, 0.5) is 0 Å². The van der Waals surface area contributed by atoms with E-state index in [0.29, 0.717) is 28.3 Å². The molecule has 0 saturated heterocycles. The quantitative estimate of drug-likeness (QED) is 0.335. The molecule has 9 nitrogen and oxygen atoms in total. The maximum Gasteiger partial charge on any atom is 0.242 e. The van der Waals surface area contributed by atoms with Crippen LogP contribution in [-0.4, -0.2) is 39.7 Å². The first-order valence-corrected chi connectivity index (χ1v) is 11.8. The van der Waals surface area contributed by atoms with Crippen LogP contribution in [0.15, 0.2) is 91.4 Å². The topological polar surface area (TPSA) is 114 Å². The van der Waals surface area contributed by atoms with Crippen LogP contribution in [0.5, 0.6) is 11.5 Å². The fourth-order valence-electron chi connectivity index (χ4n) is 4.26. The lowest BCUT2D eigenvalue weighted by atomic mass is 9.98. The smallest absolute Gasteiger partial charge is 0.242 e. The number of benzene rings is 2. The van der Waals surface area contributed by atoms with Crippen molar-refractivity contribution >= 4 is 11.6 Å². The monoisotopic (exact) mass is 504 g/mol.